The molecular formula is C17H17BrN2O6S. The fourth-order valence-electron chi connectivity index (χ4n) is 2.66. The van der Waals surface area contributed by atoms with Crippen LogP contribution in [-0.2, 0) is 14.3 Å². The van der Waals surface area contributed by atoms with Crippen LogP contribution in [0.3, 0.4) is 0 Å². The third kappa shape index (κ3) is 4.28. The molecule has 2 aliphatic heterocycles. The lowest BCUT2D eigenvalue weighted by atomic mass is 10.2. The lowest BCUT2D eigenvalue weighted by molar-refractivity contribution is -0.139. The van der Waals surface area contributed by atoms with Gasteiger partial charge in [-0.3, -0.25) is 19.3 Å². The summed E-state index contributed by atoms with van der Waals surface area (Å²) >= 11 is 4.08. The highest BCUT2D eigenvalue weighted by molar-refractivity contribution is 9.10. The molecule has 0 aromatic heterocycles. The number of aromatic hydroxyl groups is 1. The van der Waals surface area contributed by atoms with Crippen molar-refractivity contribution in [1.82, 2.24) is 9.80 Å². The van der Waals surface area contributed by atoms with Gasteiger partial charge in [0.2, 0.25) is 5.91 Å². The van der Waals surface area contributed by atoms with Crippen molar-refractivity contribution in [3.63, 3.8) is 0 Å². The summed E-state index contributed by atoms with van der Waals surface area (Å²) in [5.74, 6) is -0.614. The number of morpholine rings is 1. The Morgan fingerprint density at radius 1 is 1.37 bits per heavy atom. The molecule has 0 radical (unpaired) electrons. The molecule has 3 rings (SSSR count). The van der Waals surface area contributed by atoms with Gasteiger partial charge in [0.15, 0.2) is 11.5 Å². The fourth-order valence-corrected chi connectivity index (χ4v) is 3.93. The van der Waals surface area contributed by atoms with E-state index in [-0.39, 0.29) is 28.9 Å². The normalized spacial score (nSPS) is 19.1. The number of phenolic OH excluding ortho intramolecular Hbond substituents is 1. The molecule has 0 unspecified atom stereocenters. The lowest BCUT2D eigenvalue weighted by Gasteiger charge is -2.28. The number of ether oxygens (including phenoxy) is 2. The van der Waals surface area contributed by atoms with Crippen LogP contribution in [0.2, 0.25) is 0 Å². The summed E-state index contributed by atoms with van der Waals surface area (Å²) in [6.07, 6.45) is 1.52. The lowest BCUT2D eigenvalue weighted by Crippen LogP contribution is -2.46. The van der Waals surface area contributed by atoms with E-state index in [1.807, 2.05) is 0 Å². The highest BCUT2D eigenvalue weighted by atomic mass is 79.9. The molecule has 0 atom stereocenters. The molecule has 0 saturated carbocycles. The number of thioether (sulfide) groups is 1. The first-order valence-electron chi connectivity index (χ1n) is 8.08. The largest absolute Gasteiger partial charge is 0.504 e. The smallest absolute Gasteiger partial charge is 0.294 e. The second-order valence-corrected chi connectivity index (χ2v) is 7.65. The number of nitrogens with zero attached hydrogens (tertiary/aromatic N) is 2. The number of halogens is 1. The van der Waals surface area contributed by atoms with E-state index in [4.69, 9.17) is 9.47 Å². The molecular weight excluding hydrogens is 440 g/mol. The van der Waals surface area contributed by atoms with E-state index in [2.05, 4.69) is 15.9 Å². The molecule has 1 aromatic rings. The van der Waals surface area contributed by atoms with Crippen LogP contribution < -0.4 is 4.74 Å². The quantitative estimate of drug-likeness (QED) is 0.692. The summed E-state index contributed by atoms with van der Waals surface area (Å²) in [7, 11) is 1.41. The van der Waals surface area contributed by atoms with Gasteiger partial charge in [-0.05, 0) is 35.5 Å². The molecule has 2 saturated heterocycles. The highest BCUT2D eigenvalue weighted by Gasteiger charge is 2.37. The minimum absolute atomic E-state index is 0.0502. The van der Waals surface area contributed by atoms with Crippen molar-refractivity contribution in [1.29, 1.82) is 0 Å². The Hall–Kier alpha value is -2.04. The molecule has 0 bridgehead atoms. The fraction of sp³-hybridized carbons (Fsp3) is 0.353. The summed E-state index contributed by atoms with van der Waals surface area (Å²) in [5, 5.41) is 9.28. The van der Waals surface area contributed by atoms with Gasteiger partial charge >= 0.3 is 0 Å². The molecule has 3 amide bonds. The van der Waals surface area contributed by atoms with Crippen molar-refractivity contribution < 1.29 is 29.0 Å². The average Bonchev–Trinajstić information content (AvgIpc) is 2.92. The van der Waals surface area contributed by atoms with Crippen LogP contribution in [0, 0.1) is 0 Å². The first kappa shape index (κ1) is 19.7. The highest BCUT2D eigenvalue weighted by Crippen LogP contribution is 2.37. The Balaban J connectivity index is 1.77. The summed E-state index contributed by atoms with van der Waals surface area (Å²) in [4.78, 5) is 39.9. The predicted octanol–water partition coefficient (Wildman–Crippen LogP) is 2.06. The van der Waals surface area contributed by atoms with Gasteiger partial charge in [-0.15, -0.1) is 0 Å². The van der Waals surface area contributed by atoms with Crippen molar-refractivity contribution >= 4 is 50.8 Å². The second kappa shape index (κ2) is 8.32. The van der Waals surface area contributed by atoms with Crippen LogP contribution in [0.1, 0.15) is 5.56 Å². The summed E-state index contributed by atoms with van der Waals surface area (Å²) in [5.41, 5.74) is 0.564. The molecule has 2 aliphatic rings. The van der Waals surface area contributed by atoms with Gasteiger partial charge in [0.1, 0.15) is 6.54 Å². The molecule has 2 fully saturated rings. The predicted molar refractivity (Wildman–Crippen MR) is 102 cm³/mol. The maximum Gasteiger partial charge on any atom is 0.294 e. The van der Waals surface area contributed by atoms with Crippen LogP contribution in [0.5, 0.6) is 11.5 Å². The number of phenols is 1. The summed E-state index contributed by atoms with van der Waals surface area (Å²) in [6.45, 7) is 1.51. The number of rotatable bonds is 4. The number of methoxy groups -OCH3 is 1. The standard InChI is InChI=1S/C17H17BrN2O6S/c1-25-13-6-10(11(18)8-12(13)21)7-14-16(23)20(17(24)27-14)9-15(22)19-2-4-26-5-3-19/h6-8,21H,2-5,9H2,1H3/b14-7+. The van der Waals surface area contributed by atoms with E-state index in [0.29, 0.717) is 36.3 Å². The number of hydrogen-bond acceptors (Lipinski definition) is 7. The zero-order chi connectivity index (χ0) is 19.6. The second-order valence-electron chi connectivity index (χ2n) is 5.81. The molecule has 2 heterocycles. The molecule has 144 valence electrons. The number of benzene rings is 1. The molecule has 27 heavy (non-hydrogen) atoms. The van der Waals surface area contributed by atoms with E-state index >= 15 is 0 Å². The summed E-state index contributed by atoms with van der Waals surface area (Å²) < 4.78 is 10.8. The molecule has 8 nitrogen and oxygen atoms in total. The Kier molecular flexibility index (Phi) is 6.08. The van der Waals surface area contributed by atoms with Gasteiger partial charge < -0.3 is 19.5 Å². The number of carbonyl (C=O) groups is 3. The van der Waals surface area contributed by atoms with Gasteiger partial charge in [0.25, 0.3) is 11.1 Å². The van der Waals surface area contributed by atoms with Crippen molar-refractivity contribution in [2.75, 3.05) is 40.0 Å². The number of hydrogen-bond donors (Lipinski definition) is 1. The topological polar surface area (TPSA) is 96.4 Å². The van der Waals surface area contributed by atoms with E-state index in [0.717, 1.165) is 16.7 Å². The Bertz CT molecular complexity index is 822. The van der Waals surface area contributed by atoms with Gasteiger partial charge in [0.05, 0.1) is 25.2 Å². The van der Waals surface area contributed by atoms with Crippen molar-refractivity contribution in [3.05, 3.63) is 27.1 Å². The van der Waals surface area contributed by atoms with Crippen molar-refractivity contribution in [2.24, 2.45) is 0 Å². The zero-order valence-electron chi connectivity index (χ0n) is 14.4. The maximum absolute atomic E-state index is 12.6. The first-order chi connectivity index (χ1) is 12.9. The zero-order valence-corrected chi connectivity index (χ0v) is 16.8. The number of imide groups is 1. The van der Waals surface area contributed by atoms with E-state index < -0.39 is 11.1 Å². The van der Waals surface area contributed by atoms with Crippen molar-refractivity contribution in [2.45, 2.75) is 0 Å². The van der Waals surface area contributed by atoms with Crippen LogP contribution in [0.15, 0.2) is 21.5 Å². The van der Waals surface area contributed by atoms with Gasteiger partial charge in [-0.25, -0.2) is 0 Å². The van der Waals surface area contributed by atoms with Gasteiger partial charge in [-0.2, -0.15) is 0 Å². The maximum atomic E-state index is 12.6. The van der Waals surface area contributed by atoms with Crippen LogP contribution in [0.25, 0.3) is 6.08 Å². The van der Waals surface area contributed by atoms with Crippen LogP contribution in [-0.4, -0.2) is 71.9 Å². The SMILES string of the molecule is COc1cc(/C=C2/SC(=O)N(CC(=O)N3CCOCC3)C2=O)c(Br)cc1O. The molecule has 0 aliphatic carbocycles. The third-order valence-electron chi connectivity index (χ3n) is 4.12. The van der Waals surface area contributed by atoms with E-state index in [9.17, 15) is 19.5 Å². The Morgan fingerprint density at radius 2 is 2.07 bits per heavy atom. The monoisotopic (exact) mass is 456 g/mol. The van der Waals surface area contributed by atoms with Gasteiger partial charge in [0, 0.05) is 17.6 Å². The molecule has 10 heteroatoms. The molecule has 0 spiro atoms. The van der Waals surface area contributed by atoms with Crippen LogP contribution >= 0.6 is 27.7 Å². The van der Waals surface area contributed by atoms with Crippen molar-refractivity contribution in [3.8, 4) is 11.5 Å². The van der Waals surface area contributed by atoms with Crippen LogP contribution in [0.4, 0.5) is 4.79 Å². The third-order valence-corrected chi connectivity index (χ3v) is 5.71. The first-order valence-corrected chi connectivity index (χ1v) is 9.69. The minimum Gasteiger partial charge on any atom is -0.504 e. The minimum atomic E-state index is -0.523. The molecule has 1 aromatic carbocycles. The van der Waals surface area contributed by atoms with E-state index in [1.54, 1.807) is 11.0 Å². The molecule has 1 N–H and O–H groups in total. The Labute approximate surface area is 168 Å². The van der Waals surface area contributed by atoms with Gasteiger partial charge in [-0.1, -0.05) is 15.9 Å². The average molecular weight is 457 g/mol. The Morgan fingerprint density at radius 3 is 2.74 bits per heavy atom. The summed E-state index contributed by atoms with van der Waals surface area (Å²) in [6, 6.07) is 2.99. The van der Waals surface area contributed by atoms with E-state index in [1.165, 1.54) is 19.3 Å². The number of amides is 3. The number of carbonyl (C=O) groups excluding carboxylic acids is 3.